The highest BCUT2D eigenvalue weighted by atomic mass is 19.4. The molecule has 0 aliphatic rings. The minimum atomic E-state index is -4.48. The summed E-state index contributed by atoms with van der Waals surface area (Å²) in [6.45, 7) is 3.39. The van der Waals surface area contributed by atoms with Crippen molar-refractivity contribution in [2.24, 2.45) is 5.73 Å². The first-order valence-electron chi connectivity index (χ1n) is 5.88. The van der Waals surface area contributed by atoms with Crippen molar-refractivity contribution in [2.75, 3.05) is 13.7 Å². The SMILES string of the molecule is CO[C@@H](C)COc1ccc(C(C)N)cc1C(F)(F)F. The van der Waals surface area contributed by atoms with Crippen molar-refractivity contribution in [3.05, 3.63) is 29.3 Å². The Balaban J connectivity index is 3.03. The summed E-state index contributed by atoms with van der Waals surface area (Å²) in [5, 5.41) is 0. The predicted octanol–water partition coefficient (Wildman–Crippen LogP) is 3.14. The Morgan fingerprint density at radius 1 is 1.26 bits per heavy atom. The molecule has 0 heterocycles. The van der Waals surface area contributed by atoms with Crippen LogP contribution in [0, 0.1) is 0 Å². The summed E-state index contributed by atoms with van der Waals surface area (Å²) in [6.07, 6.45) is -4.76. The molecular weight excluding hydrogens is 259 g/mol. The van der Waals surface area contributed by atoms with Crippen molar-refractivity contribution >= 4 is 0 Å². The van der Waals surface area contributed by atoms with Crippen molar-refractivity contribution in [2.45, 2.75) is 32.2 Å². The van der Waals surface area contributed by atoms with Gasteiger partial charge in [-0.1, -0.05) is 6.07 Å². The molecular formula is C13H18F3NO2. The average molecular weight is 277 g/mol. The zero-order valence-electron chi connectivity index (χ0n) is 11.1. The van der Waals surface area contributed by atoms with Crippen LogP contribution >= 0.6 is 0 Å². The van der Waals surface area contributed by atoms with E-state index in [-0.39, 0.29) is 18.5 Å². The quantitative estimate of drug-likeness (QED) is 0.899. The second kappa shape index (κ2) is 6.25. The molecule has 2 N–H and O–H groups in total. The van der Waals surface area contributed by atoms with Gasteiger partial charge in [0.05, 0.1) is 11.7 Å². The fourth-order valence-electron chi connectivity index (χ4n) is 1.45. The number of hydrogen-bond acceptors (Lipinski definition) is 3. The zero-order chi connectivity index (χ0) is 14.6. The largest absolute Gasteiger partial charge is 0.490 e. The Kier molecular flexibility index (Phi) is 5.20. The summed E-state index contributed by atoms with van der Waals surface area (Å²) in [5.41, 5.74) is 5.19. The minimum Gasteiger partial charge on any atom is -0.490 e. The second-order valence-corrected chi connectivity index (χ2v) is 4.40. The highest BCUT2D eigenvalue weighted by Crippen LogP contribution is 2.37. The molecule has 0 fully saturated rings. The highest BCUT2D eigenvalue weighted by molar-refractivity contribution is 5.40. The van der Waals surface area contributed by atoms with Gasteiger partial charge in [-0.25, -0.2) is 0 Å². The van der Waals surface area contributed by atoms with E-state index >= 15 is 0 Å². The van der Waals surface area contributed by atoms with Crippen LogP contribution in [0.2, 0.25) is 0 Å². The van der Waals surface area contributed by atoms with Crippen LogP contribution in [-0.4, -0.2) is 19.8 Å². The molecule has 1 rings (SSSR count). The van der Waals surface area contributed by atoms with Gasteiger partial charge in [-0.3, -0.25) is 0 Å². The van der Waals surface area contributed by atoms with Gasteiger partial charge in [0.2, 0.25) is 0 Å². The molecule has 0 bridgehead atoms. The van der Waals surface area contributed by atoms with E-state index in [2.05, 4.69) is 0 Å². The van der Waals surface area contributed by atoms with Gasteiger partial charge in [0, 0.05) is 13.2 Å². The molecule has 0 saturated heterocycles. The number of hydrogen-bond donors (Lipinski definition) is 1. The predicted molar refractivity (Wildman–Crippen MR) is 66.0 cm³/mol. The first kappa shape index (κ1) is 15.8. The summed E-state index contributed by atoms with van der Waals surface area (Å²) in [4.78, 5) is 0. The van der Waals surface area contributed by atoms with E-state index < -0.39 is 17.8 Å². The van der Waals surface area contributed by atoms with Gasteiger partial charge in [0.1, 0.15) is 12.4 Å². The van der Waals surface area contributed by atoms with Crippen LogP contribution in [0.15, 0.2) is 18.2 Å². The van der Waals surface area contributed by atoms with E-state index in [1.165, 1.54) is 19.2 Å². The van der Waals surface area contributed by atoms with E-state index in [1.54, 1.807) is 13.8 Å². The van der Waals surface area contributed by atoms with E-state index in [1.807, 2.05) is 0 Å². The molecule has 0 saturated carbocycles. The fourth-order valence-corrected chi connectivity index (χ4v) is 1.45. The van der Waals surface area contributed by atoms with Gasteiger partial charge in [-0.15, -0.1) is 0 Å². The Labute approximate surface area is 110 Å². The molecule has 0 aromatic heterocycles. The number of nitrogens with two attached hydrogens (primary N) is 1. The molecule has 0 radical (unpaired) electrons. The number of ether oxygens (including phenoxy) is 2. The lowest BCUT2D eigenvalue weighted by molar-refractivity contribution is -0.139. The zero-order valence-corrected chi connectivity index (χ0v) is 11.1. The third-order valence-electron chi connectivity index (χ3n) is 2.71. The molecule has 1 aromatic rings. The Morgan fingerprint density at radius 2 is 1.89 bits per heavy atom. The molecule has 19 heavy (non-hydrogen) atoms. The van der Waals surface area contributed by atoms with Crippen molar-refractivity contribution in [1.29, 1.82) is 0 Å². The number of alkyl halides is 3. The molecule has 3 nitrogen and oxygen atoms in total. The van der Waals surface area contributed by atoms with E-state index in [4.69, 9.17) is 15.2 Å². The van der Waals surface area contributed by atoms with Crippen LogP contribution in [0.1, 0.15) is 31.0 Å². The molecule has 1 unspecified atom stereocenters. The van der Waals surface area contributed by atoms with Crippen LogP contribution < -0.4 is 10.5 Å². The van der Waals surface area contributed by atoms with E-state index in [0.717, 1.165) is 6.07 Å². The Morgan fingerprint density at radius 3 is 2.37 bits per heavy atom. The fraction of sp³-hybridized carbons (Fsp3) is 0.538. The molecule has 2 atom stereocenters. The lowest BCUT2D eigenvalue weighted by Gasteiger charge is -2.18. The van der Waals surface area contributed by atoms with Crippen LogP contribution in [0.5, 0.6) is 5.75 Å². The average Bonchev–Trinajstić information content (AvgIpc) is 2.34. The van der Waals surface area contributed by atoms with E-state index in [9.17, 15) is 13.2 Å². The van der Waals surface area contributed by atoms with Crippen LogP contribution in [-0.2, 0) is 10.9 Å². The van der Waals surface area contributed by atoms with Crippen molar-refractivity contribution in [1.82, 2.24) is 0 Å². The summed E-state index contributed by atoms with van der Waals surface area (Å²) in [6, 6.07) is 3.39. The third kappa shape index (κ3) is 4.40. The highest BCUT2D eigenvalue weighted by Gasteiger charge is 2.35. The second-order valence-electron chi connectivity index (χ2n) is 4.40. The van der Waals surface area contributed by atoms with Gasteiger partial charge in [-0.05, 0) is 31.5 Å². The maximum atomic E-state index is 12.9. The maximum Gasteiger partial charge on any atom is 0.419 e. The van der Waals surface area contributed by atoms with Gasteiger partial charge in [0.15, 0.2) is 0 Å². The number of benzene rings is 1. The normalized spacial score (nSPS) is 15.1. The lowest BCUT2D eigenvalue weighted by atomic mass is 10.0. The topological polar surface area (TPSA) is 44.5 Å². The number of rotatable bonds is 5. The summed E-state index contributed by atoms with van der Waals surface area (Å²) in [5.74, 6) is -0.208. The number of halogens is 3. The molecule has 0 aliphatic heterocycles. The maximum absolute atomic E-state index is 12.9. The van der Waals surface area contributed by atoms with Crippen molar-refractivity contribution < 1.29 is 22.6 Å². The smallest absolute Gasteiger partial charge is 0.419 e. The van der Waals surface area contributed by atoms with Crippen molar-refractivity contribution in [3.63, 3.8) is 0 Å². The van der Waals surface area contributed by atoms with Crippen LogP contribution in [0.25, 0.3) is 0 Å². The van der Waals surface area contributed by atoms with Gasteiger partial charge in [0.25, 0.3) is 0 Å². The standard InChI is InChI=1S/C13H18F3NO2/c1-8(18-3)7-19-12-5-4-10(9(2)17)6-11(12)13(14,15)16/h4-6,8-9H,7,17H2,1-3H3/t8-,9?/m0/s1. The molecule has 0 spiro atoms. The summed E-state index contributed by atoms with van der Waals surface area (Å²) < 4.78 is 48.9. The monoisotopic (exact) mass is 277 g/mol. The van der Waals surface area contributed by atoms with E-state index in [0.29, 0.717) is 5.56 Å². The van der Waals surface area contributed by atoms with Crippen LogP contribution in [0.3, 0.4) is 0 Å². The Hall–Kier alpha value is -1.27. The molecule has 0 amide bonds. The number of methoxy groups -OCH3 is 1. The van der Waals surface area contributed by atoms with Crippen LogP contribution in [0.4, 0.5) is 13.2 Å². The minimum absolute atomic E-state index is 0.0527. The summed E-state index contributed by atoms with van der Waals surface area (Å²) >= 11 is 0. The molecule has 6 heteroatoms. The van der Waals surface area contributed by atoms with Gasteiger partial charge >= 0.3 is 6.18 Å². The first-order chi connectivity index (χ1) is 8.75. The Bertz CT molecular complexity index is 419. The van der Waals surface area contributed by atoms with Crippen molar-refractivity contribution in [3.8, 4) is 5.75 Å². The summed E-state index contributed by atoms with van der Waals surface area (Å²) in [7, 11) is 1.47. The van der Waals surface area contributed by atoms with Gasteiger partial charge < -0.3 is 15.2 Å². The lowest BCUT2D eigenvalue weighted by Crippen LogP contribution is -2.18. The first-order valence-corrected chi connectivity index (χ1v) is 5.88. The van der Waals surface area contributed by atoms with Gasteiger partial charge in [-0.2, -0.15) is 13.2 Å². The molecule has 1 aromatic carbocycles. The third-order valence-corrected chi connectivity index (χ3v) is 2.71. The molecule has 0 aliphatic carbocycles. The molecule has 108 valence electrons.